The number of benzene rings is 1. The minimum absolute atomic E-state index is 1.29. The van der Waals surface area contributed by atoms with E-state index in [1.807, 2.05) is 0 Å². The second-order valence-corrected chi connectivity index (χ2v) is 7.65. The molecular formula is C22H41O3P. The second kappa shape index (κ2) is 19.1. The zero-order chi connectivity index (χ0) is 19.5. The first-order valence-corrected chi connectivity index (χ1v) is 11.9. The predicted octanol–water partition coefficient (Wildman–Crippen LogP) is 6.85. The quantitative estimate of drug-likeness (QED) is 0.272. The molecule has 0 atom stereocenters. The van der Waals surface area contributed by atoms with Crippen molar-refractivity contribution in [3.05, 3.63) is 35.4 Å². The lowest BCUT2D eigenvalue weighted by atomic mass is 9.96. The van der Waals surface area contributed by atoms with Gasteiger partial charge in [0.15, 0.2) is 0 Å². The summed E-state index contributed by atoms with van der Waals surface area (Å²) in [5, 5.41) is 0. The molecule has 0 saturated carbocycles. The van der Waals surface area contributed by atoms with Crippen LogP contribution in [0.3, 0.4) is 0 Å². The van der Waals surface area contributed by atoms with Crippen LogP contribution < -0.4 is 0 Å². The van der Waals surface area contributed by atoms with Gasteiger partial charge in [0.05, 0.1) is 0 Å². The molecule has 0 aliphatic heterocycles. The van der Waals surface area contributed by atoms with Crippen LogP contribution in [0.4, 0.5) is 0 Å². The number of aryl methyl sites for hydroxylation is 2. The van der Waals surface area contributed by atoms with Gasteiger partial charge in [0.25, 0.3) is 0 Å². The molecule has 0 spiro atoms. The monoisotopic (exact) mass is 384 g/mol. The first-order valence-electron chi connectivity index (χ1n) is 10.6. The molecule has 0 saturated heterocycles. The van der Waals surface area contributed by atoms with Gasteiger partial charge in [0.2, 0.25) is 0 Å². The molecule has 0 radical (unpaired) electrons. The van der Waals surface area contributed by atoms with Crippen molar-refractivity contribution in [1.82, 2.24) is 0 Å². The van der Waals surface area contributed by atoms with E-state index in [0.29, 0.717) is 0 Å². The molecular weight excluding hydrogens is 343 g/mol. The topological polar surface area (TPSA) is 57.5 Å². The van der Waals surface area contributed by atoms with E-state index in [9.17, 15) is 0 Å². The first kappa shape index (κ1) is 25.4. The molecule has 0 amide bonds. The first-order chi connectivity index (χ1) is 12.6. The van der Waals surface area contributed by atoms with Crippen molar-refractivity contribution >= 4 is 8.25 Å². The van der Waals surface area contributed by atoms with Crippen LogP contribution in [0.5, 0.6) is 0 Å². The van der Waals surface area contributed by atoms with E-state index in [-0.39, 0.29) is 0 Å². The highest BCUT2D eigenvalue weighted by Crippen LogP contribution is 2.17. The van der Waals surface area contributed by atoms with E-state index in [1.165, 1.54) is 89.9 Å². The van der Waals surface area contributed by atoms with E-state index in [4.69, 9.17) is 14.4 Å². The molecule has 0 aliphatic rings. The summed E-state index contributed by atoms with van der Waals surface area (Å²) < 4.78 is 8.74. The van der Waals surface area contributed by atoms with Crippen molar-refractivity contribution in [2.45, 2.75) is 104 Å². The van der Waals surface area contributed by atoms with Gasteiger partial charge in [-0.2, -0.15) is 0 Å². The van der Waals surface area contributed by atoms with E-state index < -0.39 is 8.25 Å². The minimum Gasteiger partial charge on any atom is -0.326 e. The average Bonchev–Trinajstić information content (AvgIpc) is 2.61. The van der Waals surface area contributed by atoms with Crippen LogP contribution in [0.1, 0.15) is 102 Å². The van der Waals surface area contributed by atoms with Crippen LogP contribution in [0, 0.1) is 0 Å². The molecule has 0 heterocycles. The van der Waals surface area contributed by atoms with Gasteiger partial charge < -0.3 is 9.79 Å². The summed E-state index contributed by atoms with van der Waals surface area (Å²) in [5.41, 5.74) is 3.23. The number of unbranched alkanes of at least 4 members (excludes halogenated alkanes) is 10. The Morgan fingerprint density at radius 3 is 1.31 bits per heavy atom. The summed E-state index contributed by atoms with van der Waals surface area (Å²) in [4.78, 5) is 14.3. The smallest absolute Gasteiger partial charge is 0.314 e. The van der Waals surface area contributed by atoms with Crippen molar-refractivity contribution in [2.75, 3.05) is 0 Å². The lowest BCUT2D eigenvalue weighted by molar-refractivity contribution is 0.405. The summed E-state index contributed by atoms with van der Waals surface area (Å²) in [6.07, 6.45) is 19.4. The minimum atomic E-state index is -3.13. The fourth-order valence-electron chi connectivity index (χ4n) is 3.24. The van der Waals surface area contributed by atoms with E-state index in [0.717, 1.165) is 0 Å². The maximum absolute atomic E-state index is 8.74. The number of hydrogen-bond acceptors (Lipinski definition) is 1. The van der Waals surface area contributed by atoms with E-state index in [1.54, 1.807) is 11.1 Å². The molecule has 1 aromatic rings. The normalized spacial score (nSPS) is 10.7. The lowest BCUT2D eigenvalue weighted by Crippen LogP contribution is -1.95. The highest BCUT2D eigenvalue weighted by Gasteiger charge is 2.02. The fourth-order valence-corrected chi connectivity index (χ4v) is 3.24. The van der Waals surface area contributed by atoms with Crippen molar-refractivity contribution in [2.24, 2.45) is 0 Å². The van der Waals surface area contributed by atoms with Crippen LogP contribution in [0.2, 0.25) is 0 Å². The van der Waals surface area contributed by atoms with E-state index >= 15 is 0 Å². The van der Waals surface area contributed by atoms with Gasteiger partial charge in [-0.25, -0.2) is 0 Å². The Balaban J connectivity index is 0.00000141. The lowest BCUT2D eigenvalue weighted by Gasteiger charge is -2.09. The molecule has 0 unspecified atom stereocenters. The number of rotatable bonds is 14. The molecule has 152 valence electrons. The summed E-state index contributed by atoms with van der Waals surface area (Å²) in [5.74, 6) is 0. The third-order valence-corrected chi connectivity index (χ3v) is 4.72. The highest BCUT2D eigenvalue weighted by atomic mass is 31.1. The molecule has 3 nitrogen and oxygen atoms in total. The van der Waals surface area contributed by atoms with Crippen molar-refractivity contribution in [3.63, 3.8) is 0 Å². The molecule has 26 heavy (non-hydrogen) atoms. The van der Waals surface area contributed by atoms with Crippen molar-refractivity contribution in [3.8, 4) is 0 Å². The largest absolute Gasteiger partial charge is 0.326 e. The van der Waals surface area contributed by atoms with Crippen LogP contribution in [-0.4, -0.2) is 9.79 Å². The standard InChI is InChI=1S/C22H38.H3O3P/c1-3-5-7-9-11-13-17-21-19-15-16-20-22(21)18-14-12-10-8-6-4-2;1-4(2)3/h15-16,19-20H,3-14,17-18H2,1-2H3;4H,(H2,1,2,3). The second-order valence-electron chi connectivity index (χ2n) is 7.09. The molecule has 0 aromatic heterocycles. The molecule has 4 heteroatoms. The van der Waals surface area contributed by atoms with Gasteiger partial charge in [-0.1, -0.05) is 102 Å². The summed E-state index contributed by atoms with van der Waals surface area (Å²) >= 11 is 0. The highest BCUT2D eigenvalue weighted by molar-refractivity contribution is 7.30. The van der Waals surface area contributed by atoms with Crippen LogP contribution in [-0.2, 0) is 17.4 Å². The summed E-state index contributed by atoms with van der Waals surface area (Å²) in [7, 11) is -3.13. The molecule has 1 aromatic carbocycles. The molecule has 1 rings (SSSR count). The zero-order valence-electron chi connectivity index (χ0n) is 17.0. The number of hydrogen-bond donors (Lipinski definition) is 2. The Bertz CT molecular complexity index is 410. The average molecular weight is 385 g/mol. The van der Waals surface area contributed by atoms with E-state index in [2.05, 4.69) is 38.1 Å². The Kier molecular flexibility index (Phi) is 18.7. The third kappa shape index (κ3) is 16.8. The Morgan fingerprint density at radius 2 is 0.962 bits per heavy atom. The van der Waals surface area contributed by atoms with Crippen molar-refractivity contribution < 1.29 is 14.4 Å². The van der Waals surface area contributed by atoms with Gasteiger partial charge in [0.1, 0.15) is 0 Å². The Hall–Kier alpha value is -0.630. The summed E-state index contributed by atoms with van der Waals surface area (Å²) in [6.45, 7) is 4.58. The zero-order valence-corrected chi connectivity index (χ0v) is 18.0. The molecule has 0 bridgehead atoms. The van der Waals surface area contributed by atoms with Gasteiger partial charge in [-0.3, -0.25) is 4.57 Å². The molecule has 0 fully saturated rings. The molecule has 0 aliphatic carbocycles. The maximum atomic E-state index is 8.74. The van der Waals surface area contributed by atoms with Crippen LogP contribution in [0.25, 0.3) is 0 Å². The SMILES string of the molecule is CCCCCCCCc1ccccc1CCCCCCCC.O=[PH](O)O. The van der Waals surface area contributed by atoms with Crippen molar-refractivity contribution in [1.29, 1.82) is 0 Å². The van der Waals surface area contributed by atoms with Gasteiger partial charge in [-0.05, 0) is 36.8 Å². The van der Waals surface area contributed by atoms with Gasteiger partial charge >= 0.3 is 8.25 Å². The summed E-state index contributed by atoms with van der Waals surface area (Å²) in [6, 6.07) is 9.16. The van der Waals surface area contributed by atoms with Crippen LogP contribution >= 0.6 is 8.25 Å². The van der Waals surface area contributed by atoms with Gasteiger partial charge in [-0.15, -0.1) is 0 Å². The fraction of sp³-hybridized carbons (Fsp3) is 0.727. The maximum Gasteiger partial charge on any atom is 0.314 e. The van der Waals surface area contributed by atoms with Gasteiger partial charge in [0, 0.05) is 0 Å². The Labute approximate surface area is 162 Å². The van der Waals surface area contributed by atoms with Crippen LogP contribution in [0.15, 0.2) is 24.3 Å². The Morgan fingerprint density at radius 1 is 0.654 bits per heavy atom. The third-order valence-electron chi connectivity index (χ3n) is 4.72. The molecule has 2 N–H and O–H groups in total. The predicted molar refractivity (Wildman–Crippen MR) is 114 cm³/mol.